The Labute approximate surface area is 378 Å². The van der Waals surface area contributed by atoms with Gasteiger partial charge in [0, 0.05) is 37.4 Å². The van der Waals surface area contributed by atoms with E-state index in [2.05, 4.69) is 20.9 Å². The van der Waals surface area contributed by atoms with Crippen molar-refractivity contribution >= 4 is 23.7 Å². The van der Waals surface area contributed by atoms with Gasteiger partial charge in [0.25, 0.3) is 11.5 Å². The molecule has 1 aromatic rings. The summed E-state index contributed by atoms with van der Waals surface area (Å²) in [5.41, 5.74) is -2.37. The summed E-state index contributed by atoms with van der Waals surface area (Å²) in [5, 5.41) is 91.8. The van der Waals surface area contributed by atoms with Crippen molar-refractivity contribution < 1.29 is 83.7 Å². The van der Waals surface area contributed by atoms with Gasteiger partial charge >= 0.3 is 11.7 Å². The Balaban J connectivity index is 1.26. The van der Waals surface area contributed by atoms with Gasteiger partial charge in [0.05, 0.1) is 43.2 Å². The molecule has 1 unspecified atom stereocenters. The third-order valence-corrected chi connectivity index (χ3v) is 13.4. The van der Waals surface area contributed by atoms with Gasteiger partial charge in [-0.15, -0.1) is 0 Å². The summed E-state index contributed by atoms with van der Waals surface area (Å²) in [6, 6.07) is -0.472. The maximum Gasteiger partial charge on any atom is 0.332 e. The molecule has 2 aliphatic heterocycles. The number of carbonyl (C=O) groups excluding carboxylic acids is 3. The van der Waals surface area contributed by atoms with Gasteiger partial charge in [0.2, 0.25) is 11.8 Å². The maximum absolute atomic E-state index is 14.0. The smallest absolute Gasteiger partial charge is 0.332 e. The van der Waals surface area contributed by atoms with E-state index in [-0.39, 0.29) is 63.4 Å². The normalized spacial score (nSPS) is 37.0. The lowest BCUT2D eigenvalue weighted by Crippen LogP contribution is -2.63. The molecule has 0 bridgehead atoms. The molecule has 66 heavy (non-hydrogen) atoms. The number of amides is 3. The lowest BCUT2D eigenvalue weighted by molar-refractivity contribution is -0.331. The third-order valence-electron chi connectivity index (χ3n) is 13.4. The van der Waals surface area contributed by atoms with Crippen LogP contribution in [0.4, 0.5) is 0 Å². The van der Waals surface area contributed by atoms with Gasteiger partial charge in [0.1, 0.15) is 42.3 Å². The molecule has 0 aromatic carbocycles. The molecule has 2 saturated heterocycles. The molecule has 5 fully saturated rings. The van der Waals surface area contributed by atoms with E-state index in [0.717, 1.165) is 38.2 Å². The van der Waals surface area contributed by atoms with E-state index in [9.17, 15) is 69.6 Å². The number of rotatable bonds is 17. The zero-order valence-electron chi connectivity index (χ0n) is 36.6. The number of ether oxygens (including phenoxy) is 5. The summed E-state index contributed by atoms with van der Waals surface area (Å²) in [4.78, 5) is 81.5. The zero-order valence-corrected chi connectivity index (χ0v) is 36.6. The average molecular weight is 944 g/mol. The van der Waals surface area contributed by atoms with E-state index in [0.29, 0.717) is 6.42 Å². The van der Waals surface area contributed by atoms with Crippen molar-refractivity contribution in [3.05, 3.63) is 32.6 Å². The van der Waals surface area contributed by atoms with Gasteiger partial charge in [-0.2, -0.15) is 0 Å². The Hall–Kier alpha value is -3.92. The molecule has 24 nitrogen and oxygen atoms in total. The molecule has 13 N–H and O–H groups in total. The van der Waals surface area contributed by atoms with E-state index in [4.69, 9.17) is 23.7 Å². The first-order valence-corrected chi connectivity index (χ1v) is 22.8. The number of aromatic amines is 2. The van der Waals surface area contributed by atoms with Crippen molar-refractivity contribution in [3.63, 3.8) is 0 Å². The summed E-state index contributed by atoms with van der Waals surface area (Å²) in [7, 11) is 0. The van der Waals surface area contributed by atoms with Crippen molar-refractivity contribution in [1.82, 2.24) is 25.9 Å². The first-order valence-electron chi connectivity index (χ1n) is 22.8. The highest BCUT2D eigenvalue weighted by Crippen LogP contribution is 2.37. The molecule has 24 heteroatoms. The topological polar surface area (TPSA) is 378 Å². The summed E-state index contributed by atoms with van der Waals surface area (Å²) >= 11 is 0. The average Bonchev–Trinajstić information content (AvgIpc) is 3.28. The van der Waals surface area contributed by atoms with Crippen LogP contribution in [0.5, 0.6) is 0 Å². The molecule has 0 spiro atoms. The fourth-order valence-electron chi connectivity index (χ4n) is 9.65. The predicted molar refractivity (Wildman–Crippen MR) is 223 cm³/mol. The molecular formula is C42H65N5O19. The molecular weight excluding hydrogens is 878 g/mol. The fraction of sp³-hybridized carbons (Fsp3) is 0.810. The highest BCUT2D eigenvalue weighted by molar-refractivity contribution is 5.92. The van der Waals surface area contributed by atoms with Crippen molar-refractivity contribution in [2.45, 2.75) is 176 Å². The first kappa shape index (κ1) is 51.5. The number of aliphatic carboxylic acids is 1. The summed E-state index contributed by atoms with van der Waals surface area (Å²) < 4.78 is 30.5. The highest BCUT2D eigenvalue weighted by atomic mass is 16.7. The number of aliphatic hydroxyl groups excluding tert-OH is 7. The van der Waals surface area contributed by atoms with Gasteiger partial charge in [-0.3, -0.25) is 24.2 Å². The van der Waals surface area contributed by atoms with Crippen LogP contribution in [-0.2, 0) is 38.1 Å². The Bertz CT molecular complexity index is 1890. The van der Waals surface area contributed by atoms with Crippen LogP contribution in [0.2, 0.25) is 0 Å². The molecule has 17 atom stereocenters. The molecule has 3 heterocycles. The van der Waals surface area contributed by atoms with Crippen LogP contribution in [-0.4, -0.2) is 186 Å². The minimum Gasteiger partial charge on any atom is -0.479 e. The number of carboxylic acid groups (broad SMARTS) is 1. The van der Waals surface area contributed by atoms with E-state index in [1.165, 1.54) is 6.92 Å². The lowest BCUT2D eigenvalue weighted by atomic mass is 9.80. The maximum atomic E-state index is 14.0. The summed E-state index contributed by atoms with van der Waals surface area (Å²) in [6.45, 7) is 0.581. The van der Waals surface area contributed by atoms with Crippen LogP contribution in [0, 0.1) is 17.8 Å². The second-order valence-electron chi connectivity index (χ2n) is 18.2. The van der Waals surface area contributed by atoms with E-state index >= 15 is 0 Å². The number of aliphatic hydroxyl groups is 7. The third kappa shape index (κ3) is 13.2. The second-order valence-corrected chi connectivity index (χ2v) is 18.2. The molecule has 3 saturated carbocycles. The molecule has 0 radical (unpaired) electrons. The Morgan fingerprint density at radius 3 is 2.12 bits per heavy atom. The number of aromatic nitrogens is 2. The molecule has 1 aromatic heterocycles. The minimum atomic E-state index is -1.86. The fourth-order valence-corrected chi connectivity index (χ4v) is 9.65. The molecule has 6 rings (SSSR count). The minimum absolute atomic E-state index is 0.0162. The van der Waals surface area contributed by atoms with Gasteiger partial charge in [0.15, 0.2) is 18.7 Å². The number of H-pyrrole nitrogens is 2. The SMILES string of the molecule is C[C@@H]1O[C@@H](OC2[C@@H](NC(=O)c3cc(=O)[nH]c(=O)[nH]3)C[C@@H](C(=O)NCCNC(=O)[C@@H]3CC[C@@H](O)[C@H](O)C3)C[C@H]2O[C@H]2C[C@@H](O[C@@H](CC3CCCCC3)C(=O)O)[C@@H](O)[C@@H](CO)O2)[C@@H](O)[C@H](O)[C@@H]1O. The van der Waals surface area contributed by atoms with E-state index in [1.807, 2.05) is 4.98 Å². The second kappa shape index (κ2) is 23.4. The number of hydrogen-bond acceptors (Lipinski definition) is 18. The van der Waals surface area contributed by atoms with Crippen molar-refractivity contribution in [2.75, 3.05) is 19.7 Å². The van der Waals surface area contributed by atoms with Crippen LogP contribution in [0.15, 0.2) is 15.7 Å². The van der Waals surface area contributed by atoms with Gasteiger partial charge in [-0.1, -0.05) is 32.1 Å². The van der Waals surface area contributed by atoms with Crippen LogP contribution in [0.1, 0.15) is 94.5 Å². The number of nitrogens with one attached hydrogen (secondary N) is 5. The van der Waals surface area contributed by atoms with Crippen molar-refractivity contribution in [3.8, 4) is 0 Å². The van der Waals surface area contributed by atoms with Gasteiger partial charge < -0.3 is 85.5 Å². The van der Waals surface area contributed by atoms with Gasteiger partial charge in [-0.05, 0) is 51.4 Å². The highest BCUT2D eigenvalue weighted by Gasteiger charge is 2.50. The Morgan fingerprint density at radius 2 is 1.47 bits per heavy atom. The van der Waals surface area contributed by atoms with E-state index in [1.54, 1.807) is 0 Å². The van der Waals surface area contributed by atoms with E-state index < -0.39 is 145 Å². The largest absolute Gasteiger partial charge is 0.479 e. The molecule has 3 amide bonds. The summed E-state index contributed by atoms with van der Waals surface area (Å²) in [5.74, 6) is -4.70. The molecule has 3 aliphatic carbocycles. The Kier molecular flexibility index (Phi) is 18.2. The van der Waals surface area contributed by atoms with Crippen molar-refractivity contribution in [2.24, 2.45) is 17.8 Å². The van der Waals surface area contributed by atoms with Crippen molar-refractivity contribution in [1.29, 1.82) is 0 Å². The number of carbonyl (C=O) groups is 4. The molecule has 5 aliphatic rings. The zero-order chi connectivity index (χ0) is 47.8. The van der Waals surface area contributed by atoms with Crippen LogP contribution in [0.25, 0.3) is 0 Å². The van der Waals surface area contributed by atoms with Crippen LogP contribution < -0.4 is 27.2 Å². The Morgan fingerprint density at radius 1 is 0.773 bits per heavy atom. The quantitative estimate of drug-likeness (QED) is 0.0666. The molecule has 372 valence electrons. The van der Waals surface area contributed by atoms with Crippen LogP contribution >= 0.6 is 0 Å². The lowest BCUT2D eigenvalue weighted by Gasteiger charge is -2.47. The number of carboxylic acids is 1. The van der Waals surface area contributed by atoms with Gasteiger partial charge in [-0.25, -0.2) is 9.59 Å². The monoisotopic (exact) mass is 943 g/mol. The summed E-state index contributed by atoms with van der Waals surface area (Å²) in [6.07, 6.45) is -14.7. The predicted octanol–water partition coefficient (Wildman–Crippen LogP) is -3.80. The number of hydrogen-bond donors (Lipinski definition) is 13. The standard InChI is InChI=1S/C42H65N5O19/c1-18-32(52)34(54)35(55)41(62-18)66-36-22(45-39(58)23-15-30(51)47-42(61)46-23)12-21(38(57)44-10-9-43-37(56)20-7-8-24(49)25(50)13-20)14-27(36)64-31-16-26(33(53)29(17-48)65-31)63-28(40(59)60)11-19-5-3-2-4-6-19/h15,18-22,24-29,31-36,41,48-50,52-55H,2-14,16-17H2,1H3,(H,43,56)(H,44,57)(H,45,58)(H,59,60)(H2,46,47,51,61)/t18-,20+,21+,22-,24+,25+,26+,27+,28-,29+,31+,32+,33+,34+,35-,36?,41-/m0/s1. The van der Waals surface area contributed by atoms with Crippen LogP contribution in [0.3, 0.4) is 0 Å². The first-order chi connectivity index (χ1) is 31.4.